The van der Waals surface area contributed by atoms with Crippen molar-refractivity contribution in [1.29, 1.82) is 0 Å². The molecule has 3 unspecified atom stereocenters. The molecule has 0 amide bonds. The van der Waals surface area contributed by atoms with Crippen LogP contribution in [-0.4, -0.2) is 16.5 Å². The first-order valence-corrected chi connectivity index (χ1v) is 7.58. The molecule has 0 aliphatic heterocycles. The molecule has 4 rings (SSSR count). The van der Waals surface area contributed by atoms with Crippen molar-refractivity contribution in [1.82, 2.24) is 4.98 Å². The Morgan fingerprint density at radius 1 is 1.41 bits per heavy atom. The minimum Gasteiger partial charge on any atom is -0.370 e. The Morgan fingerprint density at radius 2 is 2.23 bits per heavy atom. The highest BCUT2D eigenvalue weighted by Gasteiger charge is 2.54. The summed E-state index contributed by atoms with van der Waals surface area (Å²) < 4.78 is 0. The molecule has 1 aromatic carbocycles. The summed E-state index contributed by atoms with van der Waals surface area (Å²) in [6, 6.07) is 10.5. The lowest BCUT2D eigenvalue weighted by molar-refractivity contribution is -0.385. The first kappa shape index (κ1) is 13.2. The molecule has 2 aliphatic rings. The van der Waals surface area contributed by atoms with Gasteiger partial charge in [-0.1, -0.05) is 24.3 Å². The maximum Gasteiger partial charge on any atom is 0.290 e. The zero-order chi connectivity index (χ0) is 15.3. The summed E-state index contributed by atoms with van der Waals surface area (Å²) in [7, 11) is 0. The molecule has 2 aromatic rings. The second-order valence-corrected chi connectivity index (χ2v) is 6.25. The van der Waals surface area contributed by atoms with E-state index >= 15 is 0 Å². The average molecular weight is 295 g/mol. The predicted octanol–water partition coefficient (Wildman–Crippen LogP) is 3.30. The van der Waals surface area contributed by atoms with E-state index in [4.69, 9.17) is 0 Å². The summed E-state index contributed by atoms with van der Waals surface area (Å²) in [6.45, 7) is 2.63. The van der Waals surface area contributed by atoms with Gasteiger partial charge in [0.15, 0.2) is 0 Å². The quantitative estimate of drug-likeness (QED) is 0.694. The molecule has 5 nitrogen and oxygen atoms in total. The molecule has 1 aromatic heterocycles. The van der Waals surface area contributed by atoms with Crippen LogP contribution in [0.2, 0.25) is 0 Å². The van der Waals surface area contributed by atoms with Crippen LogP contribution in [0.1, 0.15) is 22.6 Å². The van der Waals surface area contributed by atoms with Crippen LogP contribution in [0.25, 0.3) is 0 Å². The van der Waals surface area contributed by atoms with Gasteiger partial charge in [-0.2, -0.15) is 0 Å². The minimum atomic E-state index is -0.395. The second kappa shape index (κ2) is 4.80. The maximum absolute atomic E-state index is 10.8. The zero-order valence-electron chi connectivity index (χ0n) is 12.3. The van der Waals surface area contributed by atoms with Gasteiger partial charge in [0.05, 0.1) is 4.92 Å². The SMILES string of the molecule is Cc1cc(NCC2C3Cc4ccccc4C23)ncc1[N+](=O)[O-]. The summed E-state index contributed by atoms with van der Waals surface area (Å²) in [5.41, 5.74) is 3.72. The van der Waals surface area contributed by atoms with Gasteiger partial charge in [0, 0.05) is 12.1 Å². The van der Waals surface area contributed by atoms with Gasteiger partial charge in [-0.15, -0.1) is 0 Å². The molecule has 1 saturated carbocycles. The van der Waals surface area contributed by atoms with Crippen LogP contribution in [0.15, 0.2) is 36.5 Å². The lowest BCUT2D eigenvalue weighted by Crippen LogP contribution is -2.09. The van der Waals surface area contributed by atoms with E-state index in [9.17, 15) is 10.1 Å². The Morgan fingerprint density at radius 3 is 3.00 bits per heavy atom. The molecule has 1 fully saturated rings. The van der Waals surface area contributed by atoms with Gasteiger partial charge in [-0.25, -0.2) is 4.98 Å². The van der Waals surface area contributed by atoms with Gasteiger partial charge in [-0.05, 0) is 48.3 Å². The van der Waals surface area contributed by atoms with E-state index in [1.54, 1.807) is 13.0 Å². The summed E-state index contributed by atoms with van der Waals surface area (Å²) >= 11 is 0. The number of pyridine rings is 1. The lowest BCUT2D eigenvalue weighted by atomic mass is 10.0. The second-order valence-electron chi connectivity index (χ2n) is 6.25. The topological polar surface area (TPSA) is 68.1 Å². The van der Waals surface area contributed by atoms with Crippen LogP contribution in [-0.2, 0) is 6.42 Å². The molecule has 1 heterocycles. The number of aryl methyl sites for hydroxylation is 1. The Bertz CT molecular complexity index is 759. The highest BCUT2D eigenvalue weighted by Crippen LogP contribution is 2.61. The number of hydrogen-bond acceptors (Lipinski definition) is 4. The van der Waals surface area contributed by atoms with Crippen molar-refractivity contribution in [3.63, 3.8) is 0 Å². The molecule has 112 valence electrons. The van der Waals surface area contributed by atoms with Crippen molar-refractivity contribution in [3.8, 4) is 0 Å². The van der Waals surface area contributed by atoms with Crippen molar-refractivity contribution in [2.24, 2.45) is 11.8 Å². The number of nitro groups is 1. The number of rotatable bonds is 4. The first-order valence-electron chi connectivity index (χ1n) is 7.58. The smallest absolute Gasteiger partial charge is 0.290 e. The van der Waals surface area contributed by atoms with E-state index in [1.165, 1.54) is 23.7 Å². The van der Waals surface area contributed by atoms with Crippen molar-refractivity contribution in [3.05, 3.63) is 63.3 Å². The standard InChI is InChI=1S/C17H17N3O2/c1-10-6-16(19-9-15(10)20(21)22)18-8-14-13-7-11-4-2-3-5-12(11)17(13)14/h2-6,9,13-14,17H,7-8H2,1H3,(H,18,19). The predicted molar refractivity (Wildman–Crippen MR) is 84.0 cm³/mol. The van der Waals surface area contributed by atoms with Crippen LogP contribution in [0.4, 0.5) is 11.5 Å². The van der Waals surface area contributed by atoms with Gasteiger partial charge in [0.2, 0.25) is 0 Å². The Hall–Kier alpha value is -2.43. The van der Waals surface area contributed by atoms with Crippen molar-refractivity contribution in [2.75, 3.05) is 11.9 Å². The highest BCUT2D eigenvalue weighted by atomic mass is 16.6. The molecular formula is C17H17N3O2. The van der Waals surface area contributed by atoms with Crippen molar-refractivity contribution < 1.29 is 4.92 Å². The number of fused-ring (bicyclic) bond motifs is 3. The number of hydrogen-bond donors (Lipinski definition) is 1. The van der Waals surface area contributed by atoms with Crippen LogP contribution in [0, 0.1) is 28.9 Å². The van der Waals surface area contributed by atoms with E-state index in [0.717, 1.165) is 18.3 Å². The first-order chi connectivity index (χ1) is 10.6. The fraction of sp³-hybridized carbons (Fsp3) is 0.353. The molecular weight excluding hydrogens is 278 g/mol. The summed E-state index contributed by atoms with van der Waals surface area (Å²) in [5, 5.41) is 14.1. The van der Waals surface area contributed by atoms with Gasteiger partial charge < -0.3 is 5.32 Å². The highest BCUT2D eigenvalue weighted by molar-refractivity contribution is 5.48. The zero-order valence-corrected chi connectivity index (χ0v) is 12.3. The molecule has 0 radical (unpaired) electrons. The van der Waals surface area contributed by atoms with Crippen LogP contribution in [0.3, 0.4) is 0 Å². The third kappa shape index (κ3) is 2.04. The molecule has 22 heavy (non-hydrogen) atoms. The minimum absolute atomic E-state index is 0.0720. The Balaban J connectivity index is 1.41. The average Bonchev–Trinajstić information content (AvgIpc) is 3.03. The molecule has 3 atom stereocenters. The molecule has 0 spiro atoms. The van der Waals surface area contributed by atoms with Gasteiger partial charge in [0.1, 0.15) is 12.0 Å². The summed E-state index contributed by atoms with van der Waals surface area (Å²) in [4.78, 5) is 14.6. The number of benzene rings is 1. The summed E-state index contributed by atoms with van der Waals surface area (Å²) in [6.07, 6.45) is 2.51. The van der Waals surface area contributed by atoms with Gasteiger partial charge in [-0.3, -0.25) is 10.1 Å². The van der Waals surface area contributed by atoms with E-state index in [0.29, 0.717) is 17.4 Å². The van der Waals surface area contributed by atoms with E-state index in [1.807, 2.05) is 0 Å². The number of anilines is 1. The lowest BCUT2D eigenvalue weighted by Gasteiger charge is -2.09. The monoisotopic (exact) mass is 295 g/mol. The van der Waals surface area contributed by atoms with E-state index < -0.39 is 4.92 Å². The molecule has 0 bridgehead atoms. The number of nitrogens with zero attached hydrogens (tertiary/aromatic N) is 2. The third-order valence-electron chi connectivity index (χ3n) is 5.00. The Kier molecular flexibility index (Phi) is 2.89. The number of nitrogens with one attached hydrogen (secondary N) is 1. The van der Waals surface area contributed by atoms with E-state index in [2.05, 4.69) is 34.6 Å². The van der Waals surface area contributed by atoms with Gasteiger partial charge in [0.25, 0.3) is 5.69 Å². The fourth-order valence-corrected chi connectivity index (χ4v) is 3.82. The van der Waals surface area contributed by atoms with Gasteiger partial charge >= 0.3 is 0 Å². The summed E-state index contributed by atoms with van der Waals surface area (Å²) in [5.74, 6) is 2.82. The largest absolute Gasteiger partial charge is 0.370 e. The molecule has 1 N–H and O–H groups in total. The van der Waals surface area contributed by atoms with Crippen LogP contribution >= 0.6 is 0 Å². The Labute approximate surface area is 128 Å². The van der Waals surface area contributed by atoms with E-state index in [-0.39, 0.29) is 5.69 Å². The third-order valence-corrected chi connectivity index (χ3v) is 5.00. The van der Waals surface area contributed by atoms with Crippen LogP contribution in [0.5, 0.6) is 0 Å². The molecule has 2 aliphatic carbocycles. The van der Waals surface area contributed by atoms with Crippen molar-refractivity contribution in [2.45, 2.75) is 19.3 Å². The normalized spacial score (nSPS) is 24.5. The number of aromatic nitrogens is 1. The van der Waals surface area contributed by atoms with Crippen LogP contribution < -0.4 is 5.32 Å². The van der Waals surface area contributed by atoms with Crippen molar-refractivity contribution >= 4 is 11.5 Å². The molecule has 5 heteroatoms. The molecule has 0 saturated heterocycles. The fourth-order valence-electron chi connectivity index (χ4n) is 3.82. The maximum atomic E-state index is 10.8.